The average molecular weight is 346 g/mol. The maximum Gasteiger partial charge on any atom is 0.420 e. The van der Waals surface area contributed by atoms with Crippen LogP contribution in [0.25, 0.3) is 0 Å². The minimum absolute atomic E-state index is 0.0353. The first kappa shape index (κ1) is 18.3. The second kappa shape index (κ2) is 8.70. The number of imide groups is 1. The van der Waals surface area contributed by atoms with Crippen LogP contribution < -0.4 is 0 Å². The number of carbonyl (C=O) groups excluding carboxylic acids is 3. The second-order valence-electron chi connectivity index (χ2n) is 7.15. The molecule has 0 aliphatic heterocycles. The molecule has 2 amide bonds. The van der Waals surface area contributed by atoms with E-state index in [2.05, 4.69) is 0 Å². The molecule has 0 fully saturated rings. The Morgan fingerprint density at radius 3 is 1.88 bits per heavy atom. The third-order valence-corrected chi connectivity index (χ3v) is 2.55. The molecule has 0 aromatic carbocycles. The Kier molecular flexibility index (Phi) is 6.63. The molecule has 0 bridgehead atoms. The Hall–Kier alpha value is -2.05. The molecule has 0 aromatic heterocycles. The highest BCUT2D eigenvalue weighted by atomic mass is 16.6. The molecule has 0 saturated carbocycles. The van der Waals surface area contributed by atoms with Crippen molar-refractivity contribution in [3.8, 4) is 0 Å². The highest BCUT2D eigenvalue weighted by molar-refractivity contribution is 5.94. The minimum atomic E-state index is -1.31. The van der Waals surface area contributed by atoms with Gasteiger partial charge in [-0.3, -0.25) is 0 Å². The molecule has 0 aliphatic carbocycles. The third-order valence-electron chi connectivity index (χ3n) is 2.55. The zero-order valence-electron chi connectivity index (χ0n) is 17.5. The van der Waals surface area contributed by atoms with E-state index < -0.39 is 41.9 Å². The van der Waals surface area contributed by atoms with Crippen molar-refractivity contribution in [1.29, 1.82) is 0 Å². The van der Waals surface area contributed by atoms with E-state index in [1.807, 2.05) is 0 Å². The van der Waals surface area contributed by atoms with Crippen molar-refractivity contribution in [2.24, 2.45) is 0 Å². The van der Waals surface area contributed by atoms with Crippen LogP contribution in [0.4, 0.5) is 9.59 Å². The fourth-order valence-electron chi connectivity index (χ4n) is 1.68. The summed E-state index contributed by atoms with van der Waals surface area (Å²) in [5.41, 5.74) is -1.79. The smallest absolute Gasteiger partial charge is 0.420 e. The second-order valence-corrected chi connectivity index (χ2v) is 7.15. The van der Waals surface area contributed by atoms with Gasteiger partial charge >= 0.3 is 18.2 Å². The van der Waals surface area contributed by atoms with Crippen molar-refractivity contribution in [3.63, 3.8) is 0 Å². The van der Waals surface area contributed by atoms with Gasteiger partial charge in [0.25, 0.3) is 0 Å². The van der Waals surface area contributed by atoms with Crippen molar-refractivity contribution in [2.75, 3.05) is 7.11 Å². The molecule has 0 rings (SSSR count). The zero-order chi connectivity index (χ0) is 20.7. The number of hydrogen-bond acceptors (Lipinski definition) is 6. The summed E-state index contributed by atoms with van der Waals surface area (Å²) in [6.45, 7) is 9.32. The lowest BCUT2D eigenvalue weighted by Gasteiger charge is -2.32. The molecular formula is C17H29NO6. The van der Waals surface area contributed by atoms with E-state index in [1.165, 1.54) is 6.08 Å². The fraction of sp³-hybridized carbons (Fsp3) is 0.706. The molecule has 0 heterocycles. The zero-order valence-corrected chi connectivity index (χ0v) is 15.5. The molecule has 1 atom stereocenters. The number of hydrogen-bond donors (Lipinski definition) is 0. The standard InChI is InChI=1S/C17H29NO6/c1-9-10-11-12(13(19)22-8)18(14(20)23-16(2,3)4)15(21)24-17(5,6)7/h9,12H,1,10-11H2,2-8H3/t12-/m0/s1/i1+1D2. The quantitative estimate of drug-likeness (QED) is 0.327. The molecule has 0 spiro atoms. The number of allylic oxidation sites excluding steroid dienone is 1. The molecule has 0 saturated heterocycles. The van der Waals surface area contributed by atoms with Gasteiger partial charge in [-0.05, 0) is 54.4 Å². The molecule has 138 valence electrons. The lowest BCUT2D eigenvalue weighted by molar-refractivity contribution is -0.146. The van der Waals surface area contributed by atoms with E-state index in [-0.39, 0.29) is 12.8 Å². The molecule has 24 heavy (non-hydrogen) atoms. The van der Waals surface area contributed by atoms with Crippen molar-refractivity contribution >= 4 is 18.2 Å². The van der Waals surface area contributed by atoms with Crippen LogP contribution in [-0.4, -0.2) is 47.4 Å². The summed E-state index contributed by atoms with van der Waals surface area (Å²) >= 11 is 0. The van der Waals surface area contributed by atoms with Gasteiger partial charge in [0.1, 0.15) is 17.2 Å². The van der Waals surface area contributed by atoms with E-state index in [4.69, 9.17) is 17.0 Å². The van der Waals surface area contributed by atoms with Crippen molar-refractivity contribution < 1.29 is 31.3 Å². The summed E-state index contributed by atoms with van der Waals surface area (Å²) in [5, 5.41) is 0. The SMILES string of the molecule is [2H][13C]([2H])=CCC[C@@H](C(=O)OC)N(C(=O)OC(C)(C)C)C(=O)OC(C)(C)C. The summed E-state index contributed by atoms with van der Waals surface area (Å²) < 4.78 is 29.4. The number of carbonyl (C=O) groups is 3. The first-order valence-electron chi connectivity index (χ1n) is 8.64. The average Bonchev–Trinajstić information content (AvgIpc) is 2.40. The molecule has 7 nitrogen and oxygen atoms in total. The third kappa shape index (κ3) is 7.99. The number of amides is 2. The van der Waals surface area contributed by atoms with E-state index in [1.54, 1.807) is 41.5 Å². The van der Waals surface area contributed by atoms with Crippen LogP contribution >= 0.6 is 0 Å². The Bertz CT molecular complexity index is 516. The van der Waals surface area contributed by atoms with Crippen LogP contribution in [0.5, 0.6) is 0 Å². The molecular weight excluding hydrogens is 315 g/mol. The first-order valence-corrected chi connectivity index (χ1v) is 7.64. The van der Waals surface area contributed by atoms with Gasteiger partial charge in [0, 0.05) is 0 Å². The Balaban J connectivity index is 5.77. The van der Waals surface area contributed by atoms with Gasteiger partial charge in [0.2, 0.25) is 0 Å². The topological polar surface area (TPSA) is 82.1 Å². The van der Waals surface area contributed by atoms with Crippen LogP contribution in [0.15, 0.2) is 12.6 Å². The van der Waals surface area contributed by atoms with Gasteiger partial charge < -0.3 is 14.2 Å². The van der Waals surface area contributed by atoms with Gasteiger partial charge in [0.05, 0.1) is 9.85 Å². The van der Waals surface area contributed by atoms with Crippen LogP contribution in [0.3, 0.4) is 0 Å². The Labute approximate surface area is 146 Å². The monoisotopic (exact) mass is 346 g/mol. The number of ether oxygens (including phenoxy) is 3. The largest absolute Gasteiger partial charge is 0.467 e. The molecule has 0 N–H and O–H groups in total. The number of nitrogens with zero attached hydrogens (tertiary/aromatic N) is 1. The predicted octanol–water partition coefficient (Wildman–Crippen LogP) is 3.67. The lowest BCUT2D eigenvalue weighted by Crippen LogP contribution is -2.52. The van der Waals surface area contributed by atoms with Crippen LogP contribution in [0, 0.1) is 0 Å². The van der Waals surface area contributed by atoms with Crippen LogP contribution in [0.2, 0.25) is 0 Å². The Morgan fingerprint density at radius 2 is 1.54 bits per heavy atom. The fourth-order valence-corrected chi connectivity index (χ4v) is 1.68. The highest BCUT2D eigenvalue weighted by Crippen LogP contribution is 2.19. The Morgan fingerprint density at radius 1 is 1.08 bits per heavy atom. The molecule has 7 heteroatoms. The van der Waals surface area contributed by atoms with Crippen LogP contribution in [-0.2, 0) is 19.0 Å². The molecule has 0 aliphatic rings. The minimum Gasteiger partial charge on any atom is -0.467 e. The van der Waals surface area contributed by atoms with E-state index in [0.29, 0.717) is 4.90 Å². The summed E-state index contributed by atoms with van der Waals surface area (Å²) in [6, 6.07) is -1.31. The van der Waals surface area contributed by atoms with E-state index in [0.717, 1.165) is 7.11 Å². The molecule has 0 radical (unpaired) electrons. The number of methoxy groups -OCH3 is 1. The normalized spacial score (nSPS) is 13.8. The van der Waals surface area contributed by atoms with Gasteiger partial charge in [-0.1, -0.05) is 6.08 Å². The van der Waals surface area contributed by atoms with E-state index in [9.17, 15) is 14.4 Å². The van der Waals surface area contributed by atoms with Gasteiger partial charge in [0.15, 0.2) is 0 Å². The maximum absolute atomic E-state index is 12.6. The van der Waals surface area contributed by atoms with E-state index >= 15 is 0 Å². The summed E-state index contributed by atoms with van der Waals surface area (Å²) in [4.78, 5) is 37.9. The molecule has 0 aromatic rings. The first-order chi connectivity index (χ1) is 11.7. The van der Waals surface area contributed by atoms with Gasteiger partial charge in [-0.15, -0.1) is 6.53 Å². The number of rotatable bonds is 5. The van der Waals surface area contributed by atoms with Crippen molar-refractivity contribution in [1.82, 2.24) is 4.90 Å². The van der Waals surface area contributed by atoms with Gasteiger partial charge in [-0.2, -0.15) is 4.90 Å². The predicted molar refractivity (Wildman–Crippen MR) is 89.5 cm³/mol. The molecule has 0 unspecified atom stereocenters. The highest BCUT2D eigenvalue weighted by Gasteiger charge is 2.40. The summed E-state index contributed by atoms with van der Waals surface area (Å²) in [6.07, 6.45) is -0.749. The van der Waals surface area contributed by atoms with Crippen LogP contribution in [0.1, 0.15) is 57.1 Å². The number of esters is 1. The summed E-state index contributed by atoms with van der Waals surface area (Å²) in [7, 11) is 1.13. The van der Waals surface area contributed by atoms with Gasteiger partial charge in [-0.25, -0.2) is 14.4 Å². The van der Waals surface area contributed by atoms with Crippen molar-refractivity contribution in [2.45, 2.75) is 71.6 Å². The maximum atomic E-state index is 12.6. The lowest BCUT2D eigenvalue weighted by atomic mass is 10.1. The van der Waals surface area contributed by atoms with Crippen molar-refractivity contribution in [3.05, 3.63) is 12.6 Å². The summed E-state index contributed by atoms with van der Waals surface area (Å²) in [5.74, 6) is -0.827.